The number of H-pyrrole nitrogens is 1. The van der Waals surface area contributed by atoms with Crippen LogP contribution in [0.25, 0.3) is 33.5 Å². The first-order valence-corrected chi connectivity index (χ1v) is 14.8. The SMILES string of the molecule is COc1cc(C(=O)N2CC3CCC2C3N)cc2nc(-c3cc4ccccc4n3CC3CC3)n(CCc3cn[nH]c3)c12. The number of piperidine rings is 1. The van der Waals surface area contributed by atoms with Crippen molar-refractivity contribution in [3.8, 4) is 17.3 Å². The van der Waals surface area contributed by atoms with Gasteiger partial charge in [0.25, 0.3) is 5.91 Å². The number of benzene rings is 2. The molecule has 3 atom stereocenters. The molecule has 2 saturated carbocycles. The normalized spacial score (nSPS) is 21.9. The van der Waals surface area contributed by atoms with E-state index in [2.05, 4.69) is 49.7 Å². The van der Waals surface area contributed by atoms with Crippen molar-refractivity contribution >= 4 is 27.8 Å². The zero-order valence-corrected chi connectivity index (χ0v) is 23.3. The number of imidazole rings is 1. The lowest BCUT2D eigenvalue weighted by molar-refractivity contribution is 0.0700. The van der Waals surface area contributed by atoms with Crippen LogP contribution < -0.4 is 10.5 Å². The zero-order chi connectivity index (χ0) is 27.7. The van der Waals surface area contributed by atoms with Gasteiger partial charge in [-0.1, -0.05) is 18.2 Å². The van der Waals surface area contributed by atoms with Crippen molar-refractivity contribution in [2.45, 2.75) is 57.3 Å². The molecule has 1 saturated heterocycles. The molecule has 2 aliphatic carbocycles. The van der Waals surface area contributed by atoms with E-state index in [1.165, 1.54) is 23.7 Å². The van der Waals surface area contributed by atoms with Gasteiger partial charge in [0.1, 0.15) is 11.3 Å². The van der Waals surface area contributed by atoms with Crippen molar-refractivity contribution in [2.75, 3.05) is 13.7 Å². The summed E-state index contributed by atoms with van der Waals surface area (Å²) in [5.74, 6) is 2.68. The van der Waals surface area contributed by atoms with Crippen LogP contribution in [0, 0.1) is 11.8 Å². The Balaban J connectivity index is 1.28. The van der Waals surface area contributed by atoms with Crippen LogP contribution in [0.1, 0.15) is 41.6 Å². The van der Waals surface area contributed by atoms with E-state index in [9.17, 15) is 4.79 Å². The summed E-state index contributed by atoms with van der Waals surface area (Å²) in [6.45, 7) is 2.41. The first-order valence-electron chi connectivity index (χ1n) is 14.8. The molecule has 3 aromatic heterocycles. The first kappa shape index (κ1) is 24.7. The minimum absolute atomic E-state index is 0.0187. The predicted molar refractivity (Wildman–Crippen MR) is 158 cm³/mol. The molecule has 9 heteroatoms. The lowest BCUT2D eigenvalue weighted by Gasteiger charge is -2.27. The number of hydrogen-bond donors (Lipinski definition) is 2. The van der Waals surface area contributed by atoms with E-state index in [0.29, 0.717) is 29.7 Å². The standard InChI is InChI=1S/C32H35N7O2/c1-41-28-14-23(32(40)39-18-22-8-9-26(39)29(22)33)12-24-30(28)37(11-10-20-15-34-35-16-20)31(36-24)27-13-21-4-2-3-5-25(21)38(27)17-19-6-7-19/h2-5,12-16,19,22,26,29H,6-11,17-18,33H2,1H3,(H,34,35). The molecule has 3 fully saturated rings. The minimum atomic E-state index is 0.0187. The molecule has 3 N–H and O–H groups in total. The van der Waals surface area contributed by atoms with Crippen molar-refractivity contribution in [1.29, 1.82) is 0 Å². The Morgan fingerprint density at radius 1 is 1.12 bits per heavy atom. The average Bonchev–Trinajstić information content (AvgIpc) is 3.37. The van der Waals surface area contributed by atoms with Crippen LogP contribution in [0.2, 0.25) is 0 Å². The number of amides is 1. The number of carbonyl (C=O) groups excluding carboxylic acids is 1. The van der Waals surface area contributed by atoms with E-state index in [4.69, 9.17) is 15.5 Å². The van der Waals surface area contributed by atoms with E-state index in [1.807, 2.05) is 29.4 Å². The van der Waals surface area contributed by atoms with Gasteiger partial charge in [0.05, 0.1) is 24.5 Å². The Morgan fingerprint density at radius 2 is 2.00 bits per heavy atom. The molecular weight excluding hydrogens is 514 g/mol. The summed E-state index contributed by atoms with van der Waals surface area (Å²) in [6.07, 6.45) is 9.22. The Kier molecular flexibility index (Phi) is 5.70. The Bertz CT molecular complexity index is 1760. The third-order valence-electron chi connectivity index (χ3n) is 9.54. The van der Waals surface area contributed by atoms with Crippen molar-refractivity contribution in [2.24, 2.45) is 17.6 Å². The molecule has 41 heavy (non-hydrogen) atoms. The smallest absolute Gasteiger partial charge is 0.254 e. The van der Waals surface area contributed by atoms with Gasteiger partial charge in [-0.3, -0.25) is 9.89 Å². The Labute approximate surface area is 238 Å². The van der Waals surface area contributed by atoms with Gasteiger partial charge in [0, 0.05) is 54.4 Å². The molecule has 0 radical (unpaired) electrons. The van der Waals surface area contributed by atoms with Gasteiger partial charge in [-0.15, -0.1) is 0 Å². The van der Waals surface area contributed by atoms with Crippen LogP contribution in [0.5, 0.6) is 5.75 Å². The highest BCUT2D eigenvalue weighted by molar-refractivity contribution is 6.00. The van der Waals surface area contributed by atoms with Gasteiger partial charge in [-0.2, -0.15) is 5.10 Å². The third-order valence-corrected chi connectivity index (χ3v) is 9.54. The molecule has 1 aliphatic heterocycles. The van der Waals surface area contributed by atoms with Gasteiger partial charge in [-0.25, -0.2) is 4.98 Å². The maximum absolute atomic E-state index is 13.8. The number of rotatable bonds is 8. The van der Waals surface area contributed by atoms with Gasteiger partial charge in [0.15, 0.2) is 5.82 Å². The van der Waals surface area contributed by atoms with Crippen molar-refractivity contribution in [3.05, 3.63) is 66.0 Å². The number of fused-ring (bicyclic) bond motifs is 4. The highest BCUT2D eigenvalue weighted by Crippen LogP contribution is 2.40. The van der Waals surface area contributed by atoms with Gasteiger partial charge in [0.2, 0.25) is 0 Å². The number of nitrogens with one attached hydrogen (secondary N) is 1. The first-order chi connectivity index (χ1) is 20.1. The highest BCUT2D eigenvalue weighted by atomic mass is 16.5. The molecule has 8 rings (SSSR count). The van der Waals surface area contributed by atoms with Crippen LogP contribution in [0.3, 0.4) is 0 Å². The summed E-state index contributed by atoms with van der Waals surface area (Å²) in [4.78, 5) is 21.0. The number of nitrogens with zero attached hydrogens (tertiary/aromatic N) is 5. The number of aromatic nitrogens is 5. The fraction of sp³-hybridized carbons (Fsp3) is 0.406. The largest absolute Gasteiger partial charge is 0.494 e. The number of likely N-dealkylation sites (tertiary alicyclic amines) is 1. The number of methoxy groups -OCH3 is 1. The molecular formula is C32H35N7O2. The molecule has 3 aliphatic rings. The second-order valence-corrected chi connectivity index (χ2v) is 12.1. The molecule has 0 spiro atoms. The number of hydrogen-bond acceptors (Lipinski definition) is 5. The Hall–Kier alpha value is -4.11. The van der Waals surface area contributed by atoms with Crippen LogP contribution in [0.15, 0.2) is 54.9 Å². The second-order valence-electron chi connectivity index (χ2n) is 12.1. The quantitative estimate of drug-likeness (QED) is 0.294. The van der Waals surface area contributed by atoms with Gasteiger partial charge < -0.3 is 24.5 Å². The summed E-state index contributed by atoms with van der Waals surface area (Å²) < 4.78 is 10.7. The average molecular weight is 550 g/mol. The lowest BCUT2D eigenvalue weighted by Crippen LogP contribution is -2.41. The number of nitrogens with two attached hydrogens (primary N) is 1. The van der Waals surface area contributed by atoms with Crippen LogP contribution in [-0.4, -0.2) is 60.9 Å². The predicted octanol–water partition coefficient (Wildman–Crippen LogP) is 4.60. The Morgan fingerprint density at radius 3 is 2.73 bits per heavy atom. The van der Waals surface area contributed by atoms with Crippen molar-refractivity contribution < 1.29 is 9.53 Å². The van der Waals surface area contributed by atoms with E-state index in [0.717, 1.165) is 60.5 Å². The maximum atomic E-state index is 13.8. The van der Waals surface area contributed by atoms with Crippen LogP contribution in [0.4, 0.5) is 0 Å². The van der Waals surface area contributed by atoms with E-state index in [-0.39, 0.29) is 18.0 Å². The van der Waals surface area contributed by atoms with Gasteiger partial charge in [-0.05, 0) is 73.8 Å². The fourth-order valence-corrected chi connectivity index (χ4v) is 7.18. The van der Waals surface area contributed by atoms with E-state index < -0.39 is 0 Å². The molecule has 1 amide bonds. The maximum Gasteiger partial charge on any atom is 0.254 e. The molecule has 210 valence electrons. The fourth-order valence-electron chi connectivity index (χ4n) is 7.18. The summed E-state index contributed by atoms with van der Waals surface area (Å²) in [5.41, 5.74) is 12.2. The highest BCUT2D eigenvalue weighted by Gasteiger charge is 2.47. The molecule has 3 unspecified atom stereocenters. The number of carbonyl (C=O) groups is 1. The molecule has 9 nitrogen and oxygen atoms in total. The summed E-state index contributed by atoms with van der Waals surface area (Å²) in [7, 11) is 1.67. The number of para-hydroxylation sites is 1. The lowest BCUT2D eigenvalue weighted by atomic mass is 10.1. The van der Waals surface area contributed by atoms with Gasteiger partial charge >= 0.3 is 0 Å². The van der Waals surface area contributed by atoms with E-state index in [1.54, 1.807) is 7.11 Å². The summed E-state index contributed by atoms with van der Waals surface area (Å²) in [6, 6.07) is 14.9. The second kappa shape index (κ2) is 9.48. The monoisotopic (exact) mass is 549 g/mol. The minimum Gasteiger partial charge on any atom is -0.494 e. The van der Waals surface area contributed by atoms with Crippen LogP contribution >= 0.6 is 0 Å². The summed E-state index contributed by atoms with van der Waals surface area (Å²) in [5, 5.41) is 8.28. The van der Waals surface area contributed by atoms with Crippen molar-refractivity contribution in [3.63, 3.8) is 0 Å². The molecule has 2 bridgehead atoms. The molecule has 5 aromatic rings. The topological polar surface area (TPSA) is 107 Å². The molecule has 2 aromatic carbocycles. The van der Waals surface area contributed by atoms with E-state index >= 15 is 0 Å². The third kappa shape index (κ3) is 4.05. The van der Waals surface area contributed by atoms with Crippen LogP contribution in [-0.2, 0) is 19.5 Å². The number of ether oxygens (including phenoxy) is 1. The number of aryl methyl sites for hydroxylation is 2. The van der Waals surface area contributed by atoms with Crippen molar-refractivity contribution in [1.82, 2.24) is 29.2 Å². The zero-order valence-electron chi connectivity index (χ0n) is 23.3. The number of aromatic amines is 1. The molecule has 4 heterocycles. The summed E-state index contributed by atoms with van der Waals surface area (Å²) >= 11 is 0.